The third-order valence-electron chi connectivity index (χ3n) is 4.32. The quantitative estimate of drug-likeness (QED) is 0.771. The Hall–Kier alpha value is -1.17. The molecule has 1 unspecified atom stereocenters. The van der Waals surface area contributed by atoms with Gasteiger partial charge in [-0.25, -0.2) is 0 Å². The summed E-state index contributed by atoms with van der Waals surface area (Å²) in [7, 11) is 3.38. The van der Waals surface area contributed by atoms with Gasteiger partial charge < -0.3 is 19.7 Å². The molecule has 1 amide bonds. The molecular formula is C18H28Cl2N2O3. The van der Waals surface area contributed by atoms with Crippen LogP contribution in [0.25, 0.3) is 0 Å². The highest BCUT2D eigenvalue weighted by Crippen LogP contribution is 2.37. The highest BCUT2D eigenvalue weighted by atomic mass is 35.5. The van der Waals surface area contributed by atoms with E-state index in [1.165, 1.54) is 0 Å². The average molecular weight is 391 g/mol. The number of amides is 1. The molecular weight excluding hydrogens is 363 g/mol. The van der Waals surface area contributed by atoms with E-state index in [-0.39, 0.29) is 24.4 Å². The number of nitrogens with one attached hydrogen (secondary N) is 1. The summed E-state index contributed by atoms with van der Waals surface area (Å²) in [6, 6.07) is 3.58. The Labute approximate surface area is 161 Å². The van der Waals surface area contributed by atoms with Gasteiger partial charge in [-0.3, -0.25) is 4.79 Å². The maximum atomic E-state index is 12.7. The van der Waals surface area contributed by atoms with Gasteiger partial charge in [-0.2, -0.15) is 0 Å². The first-order valence-corrected chi connectivity index (χ1v) is 8.80. The Morgan fingerprint density at radius 1 is 1.44 bits per heavy atom. The number of likely N-dealkylation sites (N-methyl/N-ethyl adjacent to an activating group) is 1. The molecule has 25 heavy (non-hydrogen) atoms. The van der Waals surface area contributed by atoms with Crippen molar-refractivity contribution in [2.75, 3.05) is 33.9 Å². The van der Waals surface area contributed by atoms with Crippen molar-refractivity contribution in [2.24, 2.45) is 5.92 Å². The lowest BCUT2D eigenvalue weighted by Crippen LogP contribution is -2.38. The molecule has 2 rings (SSSR count). The van der Waals surface area contributed by atoms with Crippen molar-refractivity contribution >= 4 is 29.9 Å². The van der Waals surface area contributed by atoms with E-state index in [1.54, 1.807) is 24.1 Å². The maximum absolute atomic E-state index is 12.7. The number of carbonyl (C=O) groups is 1. The molecule has 0 saturated carbocycles. The van der Waals surface area contributed by atoms with Crippen LogP contribution in [0.15, 0.2) is 12.1 Å². The molecule has 1 N–H and O–H groups in total. The lowest BCUT2D eigenvalue weighted by atomic mass is 10.1. The van der Waals surface area contributed by atoms with Gasteiger partial charge in [-0.15, -0.1) is 12.4 Å². The van der Waals surface area contributed by atoms with Gasteiger partial charge in [-0.1, -0.05) is 25.4 Å². The Morgan fingerprint density at radius 3 is 2.72 bits per heavy atom. The van der Waals surface area contributed by atoms with Crippen molar-refractivity contribution in [2.45, 2.75) is 32.7 Å². The second-order valence-electron chi connectivity index (χ2n) is 6.58. The van der Waals surface area contributed by atoms with Crippen LogP contribution >= 0.6 is 24.0 Å². The number of benzene rings is 1. The molecule has 0 spiro atoms. The number of ether oxygens (including phenoxy) is 2. The molecule has 1 heterocycles. The fourth-order valence-corrected chi connectivity index (χ4v) is 2.98. The lowest BCUT2D eigenvalue weighted by molar-refractivity contribution is 0.0743. The Balaban J connectivity index is 0.00000312. The van der Waals surface area contributed by atoms with Crippen LogP contribution in [0.2, 0.25) is 5.02 Å². The van der Waals surface area contributed by atoms with Crippen LogP contribution in [0.5, 0.6) is 11.5 Å². The number of halogens is 2. The second-order valence-corrected chi connectivity index (χ2v) is 6.99. The van der Waals surface area contributed by atoms with Crippen molar-refractivity contribution in [1.82, 2.24) is 10.2 Å². The zero-order valence-corrected chi connectivity index (χ0v) is 16.9. The monoisotopic (exact) mass is 390 g/mol. The third-order valence-corrected chi connectivity index (χ3v) is 4.60. The van der Waals surface area contributed by atoms with Crippen molar-refractivity contribution < 1.29 is 14.3 Å². The summed E-state index contributed by atoms with van der Waals surface area (Å²) in [6.07, 6.45) is 1.89. The number of methoxy groups -OCH3 is 1. The maximum Gasteiger partial charge on any atom is 0.254 e. The van der Waals surface area contributed by atoms with Crippen LogP contribution in [-0.4, -0.2) is 50.7 Å². The summed E-state index contributed by atoms with van der Waals surface area (Å²) in [6.45, 7) is 6.60. The predicted octanol–water partition coefficient (Wildman–Crippen LogP) is 3.63. The zero-order valence-electron chi connectivity index (χ0n) is 15.3. The second kappa shape index (κ2) is 10.1. The molecule has 1 aromatic carbocycles. The number of carbonyl (C=O) groups excluding carboxylic acids is 1. The molecule has 1 atom stereocenters. The molecule has 1 fully saturated rings. The first-order valence-electron chi connectivity index (χ1n) is 8.42. The summed E-state index contributed by atoms with van der Waals surface area (Å²) in [5.41, 5.74) is 0.516. The van der Waals surface area contributed by atoms with Crippen molar-refractivity contribution in [1.29, 1.82) is 0 Å². The normalized spacial score (nSPS) is 16.5. The van der Waals surface area contributed by atoms with Gasteiger partial charge in [0.2, 0.25) is 0 Å². The van der Waals surface area contributed by atoms with Gasteiger partial charge in [0.15, 0.2) is 11.5 Å². The minimum atomic E-state index is -0.0577. The van der Waals surface area contributed by atoms with Gasteiger partial charge >= 0.3 is 0 Å². The van der Waals surface area contributed by atoms with E-state index in [1.807, 2.05) is 7.05 Å². The summed E-state index contributed by atoms with van der Waals surface area (Å²) in [4.78, 5) is 14.5. The molecule has 142 valence electrons. The van der Waals surface area contributed by atoms with E-state index in [9.17, 15) is 4.79 Å². The van der Waals surface area contributed by atoms with E-state index in [2.05, 4.69) is 19.2 Å². The van der Waals surface area contributed by atoms with Crippen LogP contribution in [0.4, 0.5) is 0 Å². The number of hydrogen-bond acceptors (Lipinski definition) is 4. The van der Waals surface area contributed by atoms with Crippen LogP contribution in [0, 0.1) is 5.92 Å². The molecule has 1 aromatic rings. The zero-order chi connectivity index (χ0) is 17.7. The largest absolute Gasteiger partial charge is 0.493 e. The van der Waals surface area contributed by atoms with Gasteiger partial charge in [-0.05, 0) is 37.4 Å². The van der Waals surface area contributed by atoms with E-state index >= 15 is 0 Å². The highest BCUT2D eigenvalue weighted by molar-refractivity contribution is 6.32. The lowest BCUT2D eigenvalue weighted by Gasteiger charge is -2.24. The van der Waals surface area contributed by atoms with E-state index in [4.69, 9.17) is 21.1 Å². The molecule has 7 heteroatoms. The van der Waals surface area contributed by atoms with Crippen LogP contribution in [0.1, 0.15) is 37.0 Å². The molecule has 1 saturated heterocycles. The van der Waals surface area contributed by atoms with Gasteiger partial charge in [0.1, 0.15) is 0 Å². The predicted molar refractivity (Wildman–Crippen MR) is 104 cm³/mol. The third kappa shape index (κ3) is 5.66. The minimum Gasteiger partial charge on any atom is -0.493 e. The van der Waals surface area contributed by atoms with Crippen molar-refractivity contribution in [3.8, 4) is 11.5 Å². The van der Waals surface area contributed by atoms with Crippen molar-refractivity contribution in [3.05, 3.63) is 22.7 Å². The van der Waals surface area contributed by atoms with E-state index < -0.39 is 0 Å². The molecule has 0 bridgehead atoms. The standard InChI is InChI=1S/C18H27ClN2O3.ClH/c1-12(2)6-8-24-17-15(19)9-13(10-16(17)23-4)18(22)21(3)14-5-7-20-11-14;/h9-10,12,14,20H,5-8,11H2,1-4H3;1H. The fourth-order valence-electron chi connectivity index (χ4n) is 2.72. The summed E-state index contributed by atoms with van der Waals surface area (Å²) < 4.78 is 11.2. The average Bonchev–Trinajstić information content (AvgIpc) is 3.08. The Morgan fingerprint density at radius 2 is 2.16 bits per heavy atom. The highest BCUT2D eigenvalue weighted by Gasteiger charge is 2.25. The summed E-state index contributed by atoms with van der Waals surface area (Å²) in [5, 5.41) is 3.67. The van der Waals surface area contributed by atoms with Crippen molar-refractivity contribution in [3.63, 3.8) is 0 Å². The van der Waals surface area contributed by atoms with Crippen LogP contribution in [-0.2, 0) is 0 Å². The number of rotatable bonds is 7. The Bertz CT molecular complexity index is 576. The van der Waals surface area contributed by atoms with Gasteiger partial charge in [0.25, 0.3) is 5.91 Å². The first kappa shape index (κ1) is 21.9. The first-order chi connectivity index (χ1) is 11.4. The van der Waals surface area contributed by atoms with Gasteiger partial charge in [0.05, 0.1) is 18.7 Å². The van der Waals surface area contributed by atoms with Crippen LogP contribution in [0.3, 0.4) is 0 Å². The fraction of sp³-hybridized carbons (Fsp3) is 0.611. The Kier molecular flexibility index (Phi) is 8.83. The molecule has 0 radical (unpaired) electrons. The van der Waals surface area contributed by atoms with Crippen LogP contribution < -0.4 is 14.8 Å². The molecule has 1 aliphatic heterocycles. The van der Waals surface area contributed by atoms with E-state index in [0.29, 0.717) is 34.6 Å². The minimum absolute atomic E-state index is 0. The summed E-state index contributed by atoms with van der Waals surface area (Å²) in [5.74, 6) is 1.48. The summed E-state index contributed by atoms with van der Waals surface area (Å²) >= 11 is 6.35. The molecule has 5 nitrogen and oxygen atoms in total. The number of nitrogens with zero attached hydrogens (tertiary/aromatic N) is 1. The molecule has 1 aliphatic rings. The molecule has 0 aromatic heterocycles. The number of hydrogen-bond donors (Lipinski definition) is 1. The topological polar surface area (TPSA) is 50.8 Å². The van der Waals surface area contributed by atoms with E-state index in [0.717, 1.165) is 25.9 Å². The SMILES string of the molecule is COc1cc(C(=O)N(C)C2CCNC2)cc(Cl)c1OCCC(C)C.Cl. The smallest absolute Gasteiger partial charge is 0.254 e. The van der Waals surface area contributed by atoms with Gasteiger partial charge in [0, 0.05) is 25.2 Å². The molecule has 0 aliphatic carbocycles.